The van der Waals surface area contributed by atoms with Gasteiger partial charge in [-0.25, -0.2) is 4.57 Å². The van der Waals surface area contributed by atoms with Crippen LogP contribution in [0.25, 0.3) is 0 Å². The first kappa shape index (κ1) is 54.2. The summed E-state index contributed by atoms with van der Waals surface area (Å²) in [6.07, 6.45) is 42.5. The Morgan fingerprint density at radius 2 is 0.982 bits per heavy atom. The molecule has 0 heterocycles. The normalized spacial score (nSPS) is 14.2. The number of aliphatic hydroxyl groups excluding tert-OH is 2. The Balaban J connectivity index is 4.26. The molecule has 3 N–H and O–H groups in total. The molecule has 0 amide bonds. The fourth-order valence-electron chi connectivity index (χ4n) is 6.13. The molecule has 1 unspecified atom stereocenters. The number of ether oxygens (including phenoxy) is 2. The number of phosphoric ester groups is 1. The zero-order valence-electron chi connectivity index (χ0n) is 35.6. The fraction of sp³-hybridized carbons (Fsp3) is 0.822. The van der Waals surface area contributed by atoms with Crippen molar-refractivity contribution in [1.29, 1.82) is 0 Å². The van der Waals surface area contributed by atoms with Crippen molar-refractivity contribution in [2.24, 2.45) is 0 Å². The van der Waals surface area contributed by atoms with E-state index in [1.807, 2.05) is 0 Å². The summed E-state index contributed by atoms with van der Waals surface area (Å²) in [6, 6.07) is 0. The Morgan fingerprint density at radius 3 is 1.48 bits per heavy atom. The Morgan fingerprint density at radius 1 is 0.554 bits per heavy atom. The van der Waals surface area contributed by atoms with Crippen molar-refractivity contribution in [2.45, 2.75) is 212 Å². The quantitative estimate of drug-likeness (QED) is 0.0235. The van der Waals surface area contributed by atoms with Crippen LogP contribution in [0, 0.1) is 0 Å². The molecule has 328 valence electrons. The fourth-order valence-corrected chi connectivity index (χ4v) is 6.92. The van der Waals surface area contributed by atoms with Crippen molar-refractivity contribution >= 4 is 19.8 Å². The van der Waals surface area contributed by atoms with Gasteiger partial charge in [0.15, 0.2) is 6.10 Å². The lowest BCUT2D eigenvalue weighted by Crippen LogP contribution is -2.29. The number of esters is 2. The lowest BCUT2D eigenvalue weighted by molar-refractivity contribution is -0.161. The number of allylic oxidation sites excluding steroid dienone is 6. The van der Waals surface area contributed by atoms with E-state index in [4.69, 9.17) is 23.6 Å². The van der Waals surface area contributed by atoms with Gasteiger partial charge in [0, 0.05) is 12.8 Å². The van der Waals surface area contributed by atoms with Gasteiger partial charge in [-0.05, 0) is 44.9 Å². The number of carbonyl (C=O) groups is 2. The SMILES string of the molecule is CC/C=C\C/C=C\C/C=C\CCCCCCCC(=O)OC[C@H](COP(=O)(O)OC[C@@H](O)CO)OC(=O)CCCCCCCCCCCCCCCCCCCC. The molecule has 0 fully saturated rings. The third-order valence-corrected chi connectivity index (χ3v) is 10.5. The summed E-state index contributed by atoms with van der Waals surface area (Å²) in [7, 11) is -4.62. The van der Waals surface area contributed by atoms with Crippen molar-refractivity contribution in [2.75, 3.05) is 26.4 Å². The van der Waals surface area contributed by atoms with Crippen molar-refractivity contribution < 1.29 is 47.8 Å². The number of rotatable bonds is 42. The molecule has 0 aliphatic carbocycles. The van der Waals surface area contributed by atoms with Crippen molar-refractivity contribution in [1.82, 2.24) is 0 Å². The maximum atomic E-state index is 12.6. The summed E-state index contributed by atoms with van der Waals surface area (Å²) in [5.74, 6) is -0.938. The van der Waals surface area contributed by atoms with Gasteiger partial charge in [-0.1, -0.05) is 179 Å². The number of unbranched alkanes of at least 4 members (excludes halogenated alkanes) is 22. The van der Waals surface area contributed by atoms with Gasteiger partial charge in [0.1, 0.15) is 12.7 Å². The minimum Gasteiger partial charge on any atom is -0.462 e. The maximum Gasteiger partial charge on any atom is 0.472 e. The molecule has 0 aliphatic rings. The molecule has 10 nitrogen and oxygen atoms in total. The summed E-state index contributed by atoms with van der Waals surface area (Å²) in [4.78, 5) is 35.0. The van der Waals surface area contributed by atoms with Crippen LogP contribution >= 0.6 is 7.82 Å². The van der Waals surface area contributed by atoms with Crippen LogP contribution < -0.4 is 0 Å². The van der Waals surface area contributed by atoms with E-state index in [2.05, 4.69) is 50.3 Å². The van der Waals surface area contributed by atoms with E-state index in [0.717, 1.165) is 70.6 Å². The predicted molar refractivity (Wildman–Crippen MR) is 228 cm³/mol. The highest BCUT2D eigenvalue weighted by Gasteiger charge is 2.27. The van der Waals surface area contributed by atoms with Crippen molar-refractivity contribution in [3.8, 4) is 0 Å². The Hall–Kier alpha value is -1.81. The Labute approximate surface area is 341 Å². The molecule has 3 atom stereocenters. The maximum absolute atomic E-state index is 12.6. The predicted octanol–water partition coefficient (Wildman–Crippen LogP) is 11.9. The Bertz CT molecular complexity index is 1030. The number of hydrogen-bond donors (Lipinski definition) is 3. The van der Waals surface area contributed by atoms with Gasteiger partial charge >= 0.3 is 19.8 Å². The van der Waals surface area contributed by atoms with Gasteiger partial charge in [0.05, 0.1) is 19.8 Å². The summed E-state index contributed by atoms with van der Waals surface area (Å²) in [5, 5.41) is 18.3. The molecule has 11 heteroatoms. The molecule has 0 aliphatic heterocycles. The summed E-state index contributed by atoms with van der Waals surface area (Å²) >= 11 is 0. The van der Waals surface area contributed by atoms with E-state index >= 15 is 0 Å². The number of carbonyl (C=O) groups excluding carboxylic acids is 2. The van der Waals surface area contributed by atoms with Crippen LogP contribution in [-0.2, 0) is 32.7 Å². The van der Waals surface area contributed by atoms with Crippen LogP contribution in [0.1, 0.15) is 200 Å². The van der Waals surface area contributed by atoms with E-state index in [1.54, 1.807) is 0 Å². The smallest absolute Gasteiger partial charge is 0.462 e. The van der Waals surface area contributed by atoms with Gasteiger partial charge in [0.2, 0.25) is 0 Å². The summed E-state index contributed by atoms with van der Waals surface area (Å²) in [6.45, 7) is 2.27. The highest BCUT2D eigenvalue weighted by atomic mass is 31.2. The first-order valence-corrected chi connectivity index (χ1v) is 23.9. The highest BCUT2D eigenvalue weighted by Crippen LogP contribution is 2.43. The summed E-state index contributed by atoms with van der Waals surface area (Å²) < 4.78 is 32.7. The molecule has 0 saturated carbocycles. The molecule has 56 heavy (non-hydrogen) atoms. The molecular formula is C45H83O10P. The van der Waals surface area contributed by atoms with Gasteiger partial charge in [-0.15, -0.1) is 0 Å². The van der Waals surface area contributed by atoms with Crippen LogP contribution in [0.4, 0.5) is 0 Å². The van der Waals surface area contributed by atoms with Crippen molar-refractivity contribution in [3.63, 3.8) is 0 Å². The Kier molecular flexibility index (Phi) is 40.0. The van der Waals surface area contributed by atoms with E-state index in [1.165, 1.54) is 89.9 Å². The molecule has 0 aromatic rings. The van der Waals surface area contributed by atoms with E-state index in [9.17, 15) is 24.2 Å². The summed E-state index contributed by atoms with van der Waals surface area (Å²) in [5.41, 5.74) is 0. The second kappa shape index (κ2) is 41.4. The molecule has 0 saturated heterocycles. The van der Waals surface area contributed by atoms with E-state index in [0.29, 0.717) is 12.8 Å². The highest BCUT2D eigenvalue weighted by molar-refractivity contribution is 7.47. The van der Waals surface area contributed by atoms with Gasteiger partial charge < -0.3 is 24.6 Å². The molecule has 0 rings (SSSR count). The van der Waals surface area contributed by atoms with E-state index < -0.39 is 51.8 Å². The lowest BCUT2D eigenvalue weighted by Gasteiger charge is -2.20. The zero-order valence-corrected chi connectivity index (χ0v) is 36.5. The monoisotopic (exact) mass is 815 g/mol. The van der Waals surface area contributed by atoms with Crippen LogP contribution in [0.2, 0.25) is 0 Å². The molecule has 0 spiro atoms. The molecule has 0 aromatic carbocycles. The lowest BCUT2D eigenvalue weighted by atomic mass is 10.0. The minimum atomic E-state index is -4.62. The molecular weight excluding hydrogens is 731 g/mol. The minimum absolute atomic E-state index is 0.183. The standard InChI is InChI=1S/C45H83O10P/c1-3-5-7-9-11-13-15-17-19-20-21-23-25-27-29-31-33-35-37-45(49)55-43(41-54-56(50,51)53-39-42(47)38-46)40-52-44(48)36-34-32-30-28-26-24-22-18-16-14-12-10-8-6-4-2/h6,8,12,14,18,22,42-43,46-47H,3-5,7,9-11,13,15-17,19-21,23-41H2,1-2H3,(H,50,51)/b8-6-,14-12-,22-18-/t42-,43+/m0/s1. The topological polar surface area (TPSA) is 149 Å². The number of hydrogen-bond acceptors (Lipinski definition) is 9. The third kappa shape index (κ3) is 40.4. The van der Waals surface area contributed by atoms with Gasteiger partial charge in [0.25, 0.3) is 0 Å². The van der Waals surface area contributed by atoms with Crippen molar-refractivity contribution in [3.05, 3.63) is 36.5 Å². The van der Waals surface area contributed by atoms with Crippen LogP contribution in [0.15, 0.2) is 36.5 Å². The number of aliphatic hydroxyl groups is 2. The second-order valence-electron chi connectivity index (χ2n) is 15.1. The first-order valence-electron chi connectivity index (χ1n) is 22.4. The van der Waals surface area contributed by atoms with Crippen LogP contribution in [0.5, 0.6) is 0 Å². The molecule has 0 bridgehead atoms. The van der Waals surface area contributed by atoms with Gasteiger partial charge in [-0.3, -0.25) is 18.6 Å². The average Bonchev–Trinajstić information content (AvgIpc) is 3.19. The van der Waals surface area contributed by atoms with Gasteiger partial charge in [-0.2, -0.15) is 0 Å². The van der Waals surface area contributed by atoms with E-state index in [-0.39, 0.29) is 19.4 Å². The number of phosphoric acid groups is 1. The largest absolute Gasteiger partial charge is 0.472 e. The van der Waals surface area contributed by atoms with Crippen LogP contribution in [-0.4, -0.2) is 65.7 Å². The third-order valence-electron chi connectivity index (χ3n) is 9.56. The zero-order chi connectivity index (χ0) is 41.2. The molecule has 0 aromatic heterocycles. The first-order chi connectivity index (χ1) is 27.2. The second-order valence-corrected chi connectivity index (χ2v) is 16.5. The van der Waals surface area contributed by atoms with Crippen LogP contribution in [0.3, 0.4) is 0 Å². The molecule has 0 radical (unpaired) electrons. The average molecular weight is 815 g/mol.